The Kier molecular flexibility index (Phi) is 7.99. The second-order valence-corrected chi connectivity index (χ2v) is 7.50. The normalized spacial score (nSPS) is 12.5. The summed E-state index contributed by atoms with van der Waals surface area (Å²) in [5, 5.41) is 2.64. The van der Waals surface area contributed by atoms with Crippen molar-refractivity contribution in [3.8, 4) is 17.2 Å². The lowest BCUT2D eigenvalue weighted by atomic mass is 10.2. The first kappa shape index (κ1) is 22.3. The number of nitrogens with one attached hydrogen (secondary N) is 3. The minimum atomic E-state index is -0.823. The molecule has 164 valence electrons. The molecule has 1 atom stereocenters. The molecule has 0 aromatic heterocycles. The molecule has 0 saturated heterocycles. The van der Waals surface area contributed by atoms with Crippen LogP contribution in [0.15, 0.2) is 48.5 Å². The zero-order valence-electron chi connectivity index (χ0n) is 16.9. The third-order valence-electron chi connectivity index (χ3n) is 4.31. The number of carbonyl (C=O) groups is 3. The number of carbonyl (C=O) groups excluding carboxylic acids is 3. The molecule has 1 aliphatic rings. The van der Waals surface area contributed by atoms with Gasteiger partial charge in [0, 0.05) is 5.56 Å². The van der Waals surface area contributed by atoms with E-state index >= 15 is 0 Å². The molecule has 9 nitrogen and oxygen atoms in total. The first-order valence-corrected chi connectivity index (χ1v) is 10.9. The van der Waals surface area contributed by atoms with Crippen molar-refractivity contribution in [3.05, 3.63) is 54.1 Å². The average molecular weight is 445 g/mol. The molecule has 3 rings (SSSR count). The number of rotatable bonds is 9. The van der Waals surface area contributed by atoms with Gasteiger partial charge in [0.2, 0.25) is 6.79 Å². The van der Waals surface area contributed by atoms with Gasteiger partial charge in [0.1, 0.15) is 11.8 Å². The Bertz CT molecular complexity index is 925. The molecular formula is C21H23N3O6S. The van der Waals surface area contributed by atoms with Gasteiger partial charge in [0.25, 0.3) is 17.7 Å². The van der Waals surface area contributed by atoms with E-state index in [9.17, 15) is 14.4 Å². The molecule has 0 radical (unpaired) electrons. The molecule has 31 heavy (non-hydrogen) atoms. The standard InChI is InChI=1S/C21H23N3O6S/c1-31-10-9-16(22-19(25)12-28-15-5-3-2-4-6-15)21(27)24-23-20(26)14-7-8-17-18(11-14)30-13-29-17/h2-8,11,16H,9-10,12-13H2,1H3,(H,22,25)(H,23,26)(H,24,27). The van der Waals surface area contributed by atoms with Crippen molar-refractivity contribution >= 4 is 29.5 Å². The van der Waals surface area contributed by atoms with Gasteiger partial charge in [-0.1, -0.05) is 18.2 Å². The van der Waals surface area contributed by atoms with Crippen molar-refractivity contribution in [1.29, 1.82) is 0 Å². The van der Waals surface area contributed by atoms with Crippen LogP contribution in [0.1, 0.15) is 16.8 Å². The van der Waals surface area contributed by atoms with E-state index in [1.807, 2.05) is 12.3 Å². The Labute approximate surface area is 183 Å². The molecule has 1 heterocycles. The summed E-state index contributed by atoms with van der Waals surface area (Å²) in [6, 6.07) is 12.8. The van der Waals surface area contributed by atoms with Crippen molar-refractivity contribution < 1.29 is 28.6 Å². The molecule has 0 aliphatic carbocycles. The Hall–Kier alpha value is -3.40. The Morgan fingerprint density at radius 3 is 2.61 bits per heavy atom. The van der Waals surface area contributed by atoms with Crippen LogP contribution in [-0.4, -0.2) is 49.2 Å². The van der Waals surface area contributed by atoms with Gasteiger partial charge >= 0.3 is 0 Å². The van der Waals surface area contributed by atoms with Crippen molar-refractivity contribution in [1.82, 2.24) is 16.2 Å². The molecular weight excluding hydrogens is 422 g/mol. The molecule has 2 aromatic rings. The Morgan fingerprint density at radius 1 is 1.06 bits per heavy atom. The summed E-state index contributed by atoms with van der Waals surface area (Å²) in [5.74, 6) is 0.727. The summed E-state index contributed by atoms with van der Waals surface area (Å²) in [7, 11) is 0. The molecule has 0 fully saturated rings. The molecule has 2 aromatic carbocycles. The number of hydrazine groups is 1. The van der Waals surface area contributed by atoms with Crippen LogP contribution >= 0.6 is 11.8 Å². The first-order chi connectivity index (χ1) is 15.1. The molecule has 3 N–H and O–H groups in total. The van der Waals surface area contributed by atoms with E-state index in [0.717, 1.165) is 0 Å². The summed E-state index contributed by atoms with van der Waals surface area (Å²) in [6.45, 7) is -0.126. The predicted octanol–water partition coefficient (Wildman–Crippen LogP) is 1.49. The van der Waals surface area contributed by atoms with E-state index in [0.29, 0.717) is 35.0 Å². The summed E-state index contributed by atoms with van der Waals surface area (Å²) in [6.07, 6.45) is 2.29. The van der Waals surface area contributed by atoms with Crippen LogP contribution in [0, 0.1) is 0 Å². The largest absolute Gasteiger partial charge is 0.484 e. The van der Waals surface area contributed by atoms with Gasteiger partial charge < -0.3 is 19.5 Å². The number of thioether (sulfide) groups is 1. The van der Waals surface area contributed by atoms with Gasteiger partial charge in [-0.3, -0.25) is 25.2 Å². The van der Waals surface area contributed by atoms with Crippen LogP contribution < -0.4 is 30.4 Å². The van der Waals surface area contributed by atoms with Gasteiger partial charge in [0.05, 0.1) is 0 Å². The maximum atomic E-state index is 12.5. The van der Waals surface area contributed by atoms with E-state index in [1.165, 1.54) is 6.07 Å². The molecule has 10 heteroatoms. The fourth-order valence-electron chi connectivity index (χ4n) is 2.72. The number of benzene rings is 2. The molecule has 0 bridgehead atoms. The van der Waals surface area contributed by atoms with Crippen LogP contribution in [0.25, 0.3) is 0 Å². The summed E-state index contributed by atoms with van der Waals surface area (Å²) >= 11 is 1.54. The molecule has 1 unspecified atom stereocenters. The highest BCUT2D eigenvalue weighted by Gasteiger charge is 2.22. The lowest BCUT2D eigenvalue weighted by molar-refractivity contribution is -0.130. The van der Waals surface area contributed by atoms with E-state index in [2.05, 4.69) is 16.2 Å². The summed E-state index contributed by atoms with van der Waals surface area (Å²) in [5.41, 5.74) is 5.01. The third kappa shape index (κ3) is 6.54. The van der Waals surface area contributed by atoms with Gasteiger partial charge in [-0.25, -0.2) is 0 Å². The van der Waals surface area contributed by atoms with Crippen LogP contribution in [0.4, 0.5) is 0 Å². The van der Waals surface area contributed by atoms with E-state index in [-0.39, 0.29) is 13.4 Å². The highest BCUT2D eigenvalue weighted by Crippen LogP contribution is 2.32. The maximum Gasteiger partial charge on any atom is 0.269 e. The first-order valence-electron chi connectivity index (χ1n) is 9.53. The van der Waals surface area contributed by atoms with Crippen molar-refractivity contribution in [2.75, 3.05) is 25.4 Å². The zero-order chi connectivity index (χ0) is 22.1. The Morgan fingerprint density at radius 2 is 1.84 bits per heavy atom. The predicted molar refractivity (Wildman–Crippen MR) is 115 cm³/mol. The van der Waals surface area contributed by atoms with Gasteiger partial charge in [-0.15, -0.1) is 0 Å². The van der Waals surface area contributed by atoms with Crippen molar-refractivity contribution in [2.45, 2.75) is 12.5 Å². The van der Waals surface area contributed by atoms with Crippen molar-refractivity contribution in [2.24, 2.45) is 0 Å². The second-order valence-electron chi connectivity index (χ2n) is 6.51. The third-order valence-corrected chi connectivity index (χ3v) is 4.95. The number of hydrogen-bond acceptors (Lipinski definition) is 7. The lowest BCUT2D eigenvalue weighted by Gasteiger charge is -2.18. The smallest absolute Gasteiger partial charge is 0.269 e. The summed E-state index contributed by atoms with van der Waals surface area (Å²) in [4.78, 5) is 37.1. The topological polar surface area (TPSA) is 115 Å². The monoisotopic (exact) mass is 445 g/mol. The van der Waals surface area contributed by atoms with Gasteiger partial charge in [-0.2, -0.15) is 11.8 Å². The van der Waals surface area contributed by atoms with Gasteiger partial charge in [0.15, 0.2) is 18.1 Å². The van der Waals surface area contributed by atoms with E-state index < -0.39 is 23.8 Å². The van der Waals surface area contributed by atoms with Crippen LogP contribution in [-0.2, 0) is 9.59 Å². The van der Waals surface area contributed by atoms with E-state index in [4.69, 9.17) is 14.2 Å². The van der Waals surface area contributed by atoms with E-state index in [1.54, 1.807) is 48.2 Å². The number of hydrogen-bond donors (Lipinski definition) is 3. The highest BCUT2D eigenvalue weighted by atomic mass is 32.2. The maximum absolute atomic E-state index is 12.5. The summed E-state index contributed by atoms with van der Waals surface area (Å²) < 4.78 is 15.9. The molecule has 1 aliphatic heterocycles. The minimum Gasteiger partial charge on any atom is -0.484 e. The number of para-hydroxylation sites is 1. The Balaban J connectivity index is 1.51. The minimum absolute atomic E-state index is 0.0992. The van der Waals surface area contributed by atoms with Crippen LogP contribution in [0.2, 0.25) is 0 Å². The average Bonchev–Trinajstić information content (AvgIpc) is 3.27. The van der Waals surface area contributed by atoms with Crippen molar-refractivity contribution in [3.63, 3.8) is 0 Å². The molecule has 0 saturated carbocycles. The van der Waals surface area contributed by atoms with Gasteiger partial charge in [-0.05, 0) is 48.8 Å². The number of ether oxygens (including phenoxy) is 3. The highest BCUT2D eigenvalue weighted by molar-refractivity contribution is 7.98. The SMILES string of the molecule is CSCCC(NC(=O)COc1ccccc1)C(=O)NNC(=O)c1ccc2c(c1)OCO2. The molecule has 3 amide bonds. The lowest BCUT2D eigenvalue weighted by Crippen LogP contribution is -2.53. The zero-order valence-corrected chi connectivity index (χ0v) is 17.7. The number of fused-ring (bicyclic) bond motifs is 1. The fraction of sp³-hybridized carbons (Fsp3) is 0.286. The van der Waals surface area contributed by atoms with Crippen LogP contribution in [0.5, 0.6) is 17.2 Å². The van der Waals surface area contributed by atoms with Crippen LogP contribution in [0.3, 0.4) is 0 Å². The quantitative estimate of drug-likeness (QED) is 0.501. The second kappa shape index (κ2) is 11.1. The fourth-order valence-corrected chi connectivity index (χ4v) is 3.19. The number of amides is 3. The molecule has 0 spiro atoms.